The van der Waals surface area contributed by atoms with E-state index in [0.717, 1.165) is 18.2 Å². The predicted molar refractivity (Wildman–Crippen MR) is 208 cm³/mol. The zero-order valence-corrected chi connectivity index (χ0v) is 33.6. The Kier molecular flexibility index (Phi) is 12.7. The number of alkyl halides is 6. The second kappa shape index (κ2) is 16.6. The average Bonchev–Trinajstić information content (AvgIpc) is 3.69. The van der Waals surface area contributed by atoms with Gasteiger partial charge in [-0.3, -0.25) is 9.97 Å². The molecule has 4 aromatic heterocycles. The second-order valence-electron chi connectivity index (χ2n) is 15.8. The quantitative estimate of drug-likeness (QED) is 0.0912. The maximum atomic E-state index is 14.1. The van der Waals surface area contributed by atoms with Crippen LogP contribution in [0.25, 0.3) is 21.8 Å². The fourth-order valence-electron chi connectivity index (χ4n) is 7.51. The molecule has 0 amide bonds. The van der Waals surface area contributed by atoms with Gasteiger partial charge in [-0.25, -0.2) is 8.78 Å². The number of rotatable bonds is 12. The molecule has 4 N–H and O–H groups in total. The summed E-state index contributed by atoms with van der Waals surface area (Å²) in [6.45, 7) is 6.04. The van der Waals surface area contributed by atoms with E-state index in [9.17, 15) is 45.3 Å². The fraction of sp³-hybridized carbons (Fsp3) is 0.381. The van der Waals surface area contributed by atoms with Crippen LogP contribution in [0.1, 0.15) is 63.1 Å². The number of fused-ring (bicyclic) bond motifs is 2. The third-order valence-electron chi connectivity index (χ3n) is 10.3. The molecule has 318 valence electrons. The van der Waals surface area contributed by atoms with Crippen molar-refractivity contribution in [2.24, 2.45) is 0 Å². The highest BCUT2D eigenvalue weighted by Gasteiger charge is 2.57. The van der Waals surface area contributed by atoms with Gasteiger partial charge >= 0.3 is 12.4 Å². The summed E-state index contributed by atoms with van der Waals surface area (Å²) in [6, 6.07) is 12.1. The minimum absolute atomic E-state index is 0.0431. The van der Waals surface area contributed by atoms with Gasteiger partial charge in [0.25, 0.3) is 0 Å². The lowest BCUT2D eigenvalue weighted by molar-refractivity contribution is -0.266. The number of pyridine rings is 2. The van der Waals surface area contributed by atoms with E-state index in [4.69, 9.17) is 21.1 Å². The SMILES string of the molecule is COc1ccc(F)cc1C(C)(C)CC(O)(Cc1[nH]c2ccncc2c1Cl)C(F)(F)F.COc1ccc(F)cc1C(C)(C)CC(O)(Cc1cc2cnccc2[nH]1)C(F)(F)F. The van der Waals surface area contributed by atoms with E-state index in [1.165, 1.54) is 91.0 Å². The average molecular weight is 855 g/mol. The number of nitrogens with zero attached hydrogens (tertiary/aromatic N) is 2. The molecule has 0 spiro atoms. The number of aliphatic hydroxyl groups is 2. The minimum Gasteiger partial charge on any atom is -0.496 e. The highest BCUT2D eigenvalue weighted by atomic mass is 35.5. The molecule has 0 fully saturated rings. The molecular weight excluding hydrogens is 812 g/mol. The maximum Gasteiger partial charge on any atom is 0.417 e. The normalized spacial score (nSPS) is 14.7. The first-order valence-electron chi connectivity index (χ1n) is 18.1. The molecule has 2 unspecified atom stereocenters. The van der Waals surface area contributed by atoms with Crippen molar-refractivity contribution in [2.45, 2.75) is 87.8 Å². The van der Waals surface area contributed by atoms with Crippen LogP contribution in [0.15, 0.2) is 79.4 Å². The highest BCUT2D eigenvalue weighted by Crippen LogP contribution is 2.47. The van der Waals surface area contributed by atoms with Crippen LogP contribution in [0, 0.1) is 11.6 Å². The van der Waals surface area contributed by atoms with Gasteiger partial charge < -0.3 is 29.7 Å². The first kappa shape index (κ1) is 45.2. The summed E-state index contributed by atoms with van der Waals surface area (Å²) in [6.07, 6.45) is -6.80. The molecule has 0 aliphatic carbocycles. The number of aromatic amines is 2. The van der Waals surface area contributed by atoms with E-state index >= 15 is 0 Å². The highest BCUT2D eigenvalue weighted by molar-refractivity contribution is 6.36. The summed E-state index contributed by atoms with van der Waals surface area (Å²) in [4.78, 5) is 13.6. The summed E-state index contributed by atoms with van der Waals surface area (Å²) in [5, 5.41) is 22.8. The third kappa shape index (κ3) is 9.76. The summed E-state index contributed by atoms with van der Waals surface area (Å²) < 4.78 is 122. The first-order valence-corrected chi connectivity index (χ1v) is 18.5. The van der Waals surface area contributed by atoms with Gasteiger partial charge in [0.15, 0.2) is 11.2 Å². The molecule has 17 heteroatoms. The molecule has 0 saturated heterocycles. The molecular formula is C42H43ClF8N4O4. The van der Waals surface area contributed by atoms with Crippen molar-refractivity contribution >= 4 is 33.4 Å². The predicted octanol–water partition coefficient (Wildman–Crippen LogP) is 10.5. The van der Waals surface area contributed by atoms with Gasteiger partial charge in [-0.1, -0.05) is 39.3 Å². The van der Waals surface area contributed by atoms with Crippen LogP contribution >= 0.6 is 11.6 Å². The number of benzene rings is 2. The molecule has 0 saturated carbocycles. The molecule has 2 atom stereocenters. The second-order valence-corrected chi connectivity index (χ2v) is 16.2. The number of aromatic nitrogens is 4. The Morgan fingerprint density at radius 3 is 1.58 bits per heavy atom. The molecule has 0 aliphatic rings. The Balaban J connectivity index is 0.000000224. The molecule has 6 aromatic rings. The van der Waals surface area contributed by atoms with Crippen LogP contribution in [0.4, 0.5) is 35.1 Å². The number of nitrogens with one attached hydrogen (secondary N) is 2. The summed E-state index contributed by atoms with van der Waals surface area (Å²) in [7, 11) is 2.71. The van der Waals surface area contributed by atoms with Crippen LogP contribution in [0.2, 0.25) is 5.02 Å². The van der Waals surface area contributed by atoms with Gasteiger partial charge in [-0.2, -0.15) is 26.3 Å². The lowest BCUT2D eigenvalue weighted by Gasteiger charge is -2.38. The van der Waals surface area contributed by atoms with Crippen molar-refractivity contribution < 1.29 is 54.8 Å². The fourth-order valence-corrected chi connectivity index (χ4v) is 7.78. The van der Waals surface area contributed by atoms with Crippen LogP contribution < -0.4 is 9.47 Å². The molecule has 4 heterocycles. The summed E-state index contributed by atoms with van der Waals surface area (Å²) >= 11 is 6.25. The maximum absolute atomic E-state index is 14.1. The van der Waals surface area contributed by atoms with Crippen LogP contribution in [0.3, 0.4) is 0 Å². The molecule has 0 aliphatic heterocycles. The number of H-pyrrole nitrogens is 2. The first-order chi connectivity index (χ1) is 27.3. The van der Waals surface area contributed by atoms with Crippen molar-refractivity contribution in [3.63, 3.8) is 0 Å². The minimum atomic E-state index is -4.97. The van der Waals surface area contributed by atoms with E-state index < -0.39 is 71.7 Å². The van der Waals surface area contributed by atoms with Gasteiger partial charge in [0.1, 0.15) is 23.1 Å². The zero-order valence-electron chi connectivity index (χ0n) is 32.8. The van der Waals surface area contributed by atoms with Gasteiger partial charge in [0.2, 0.25) is 0 Å². The Labute approximate surface area is 339 Å². The molecule has 0 bridgehead atoms. The van der Waals surface area contributed by atoms with Gasteiger partial charge in [-0.15, -0.1) is 0 Å². The van der Waals surface area contributed by atoms with E-state index in [1.54, 1.807) is 12.1 Å². The van der Waals surface area contributed by atoms with E-state index in [0.29, 0.717) is 21.8 Å². The lowest BCUT2D eigenvalue weighted by Crippen LogP contribution is -2.51. The van der Waals surface area contributed by atoms with Crippen LogP contribution in [-0.2, 0) is 23.7 Å². The van der Waals surface area contributed by atoms with Crippen molar-refractivity contribution in [3.8, 4) is 11.5 Å². The van der Waals surface area contributed by atoms with E-state index in [2.05, 4.69) is 19.9 Å². The molecule has 0 radical (unpaired) electrons. The van der Waals surface area contributed by atoms with Crippen molar-refractivity contribution in [3.05, 3.63) is 119 Å². The van der Waals surface area contributed by atoms with Crippen molar-refractivity contribution in [1.29, 1.82) is 0 Å². The smallest absolute Gasteiger partial charge is 0.417 e. The molecule has 8 nitrogen and oxygen atoms in total. The van der Waals surface area contributed by atoms with Crippen molar-refractivity contribution in [2.75, 3.05) is 14.2 Å². The lowest BCUT2D eigenvalue weighted by atomic mass is 9.73. The number of halogens is 9. The van der Waals surface area contributed by atoms with Gasteiger partial charge in [-0.05, 0) is 78.3 Å². The van der Waals surface area contributed by atoms with E-state index in [1.807, 2.05) is 0 Å². The Morgan fingerprint density at radius 2 is 1.12 bits per heavy atom. The standard InChI is InChI=1S/C21H21ClF4N2O2.C21H22F4N2O2/c1-19(2,14-8-12(23)4-5-17(14)30-3)11-20(29,21(24,25)26)9-16-18(22)13-10-27-7-6-15(13)28-16;1-19(2,16-9-14(22)4-5-18(16)29-3)12-20(28,21(23,24)25)10-15-8-13-11-26-7-6-17(13)27-15/h4-8,10,28-29H,9,11H2,1-3H3;4-9,11,27-28H,10,12H2,1-3H3. The van der Waals surface area contributed by atoms with Gasteiger partial charge in [0.05, 0.1) is 24.8 Å². The monoisotopic (exact) mass is 854 g/mol. The third-order valence-corrected chi connectivity index (χ3v) is 10.8. The Hall–Kier alpha value is -4.93. The number of hydrogen-bond acceptors (Lipinski definition) is 6. The van der Waals surface area contributed by atoms with Crippen molar-refractivity contribution in [1.82, 2.24) is 19.9 Å². The topological polar surface area (TPSA) is 116 Å². The number of hydrogen-bond donors (Lipinski definition) is 4. The molecule has 6 rings (SSSR count). The summed E-state index contributed by atoms with van der Waals surface area (Å²) in [5.41, 5.74) is -6.79. The molecule has 2 aromatic carbocycles. The largest absolute Gasteiger partial charge is 0.496 e. The number of methoxy groups -OCH3 is 2. The summed E-state index contributed by atoms with van der Waals surface area (Å²) in [5.74, 6) is -0.702. The van der Waals surface area contributed by atoms with Crippen LogP contribution in [0.5, 0.6) is 11.5 Å². The Bertz CT molecular complexity index is 2380. The Morgan fingerprint density at radius 1 is 0.644 bits per heavy atom. The zero-order chi connectivity index (χ0) is 43.8. The van der Waals surface area contributed by atoms with Gasteiger partial charge in [0, 0.05) is 76.4 Å². The number of ether oxygens (including phenoxy) is 2. The molecule has 59 heavy (non-hydrogen) atoms. The van der Waals surface area contributed by atoms with Crippen LogP contribution in [-0.4, -0.2) is 67.9 Å². The van der Waals surface area contributed by atoms with E-state index in [-0.39, 0.29) is 39.0 Å².